The number of aryl methyl sites for hydroxylation is 1. The van der Waals surface area contributed by atoms with Crippen LogP contribution in [-0.4, -0.2) is 39.3 Å². The summed E-state index contributed by atoms with van der Waals surface area (Å²) in [5, 5.41) is 4.31. The van der Waals surface area contributed by atoms with Crippen molar-refractivity contribution in [2.75, 3.05) is 20.2 Å². The van der Waals surface area contributed by atoms with E-state index in [1.54, 1.807) is 6.20 Å². The van der Waals surface area contributed by atoms with Crippen molar-refractivity contribution in [2.45, 2.75) is 13.6 Å². The number of hydrogen-bond acceptors (Lipinski definition) is 4. The van der Waals surface area contributed by atoms with Crippen molar-refractivity contribution < 1.29 is 4.74 Å². The first kappa shape index (κ1) is 15.3. The van der Waals surface area contributed by atoms with Gasteiger partial charge in [0.05, 0.1) is 6.67 Å². The fourth-order valence-corrected chi connectivity index (χ4v) is 2.38. The van der Waals surface area contributed by atoms with E-state index in [4.69, 9.17) is 4.74 Å². The maximum absolute atomic E-state index is 12.2. The van der Waals surface area contributed by atoms with Gasteiger partial charge in [0, 0.05) is 12.7 Å². The van der Waals surface area contributed by atoms with Gasteiger partial charge in [0.15, 0.2) is 5.65 Å². The molecule has 120 valence electrons. The van der Waals surface area contributed by atoms with Gasteiger partial charge in [-0.3, -0.25) is 9.30 Å². The molecule has 6 heteroatoms. The van der Waals surface area contributed by atoms with Crippen LogP contribution in [0.25, 0.3) is 5.65 Å². The summed E-state index contributed by atoms with van der Waals surface area (Å²) in [5.74, 6) is 0.864. The van der Waals surface area contributed by atoms with Crippen LogP contribution in [0.5, 0.6) is 5.75 Å². The summed E-state index contributed by atoms with van der Waals surface area (Å²) in [6.07, 6.45) is 1.72. The highest BCUT2D eigenvalue weighted by Gasteiger charge is 2.08. The topological polar surface area (TPSA) is 51.8 Å². The fourth-order valence-electron chi connectivity index (χ4n) is 2.38. The average molecular weight is 312 g/mol. The summed E-state index contributed by atoms with van der Waals surface area (Å²) < 4.78 is 8.73. The molecule has 0 saturated carbocycles. The highest BCUT2D eigenvalue weighted by Crippen LogP contribution is 2.12. The molecule has 0 aliphatic heterocycles. The van der Waals surface area contributed by atoms with Crippen LogP contribution in [0.3, 0.4) is 0 Å². The maximum Gasteiger partial charge on any atom is 0.351 e. The van der Waals surface area contributed by atoms with E-state index >= 15 is 0 Å². The minimum absolute atomic E-state index is 0.132. The van der Waals surface area contributed by atoms with Crippen LogP contribution in [0.1, 0.15) is 5.56 Å². The number of ether oxygens (including phenoxy) is 1. The van der Waals surface area contributed by atoms with Crippen molar-refractivity contribution in [3.05, 3.63) is 64.7 Å². The van der Waals surface area contributed by atoms with Crippen LogP contribution in [0.15, 0.2) is 53.5 Å². The first-order chi connectivity index (χ1) is 11.1. The summed E-state index contributed by atoms with van der Waals surface area (Å²) >= 11 is 0. The predicted molar refractivity (Wildman–Crippen MR) is 88.8 cm³/mol. The number of nitrogens with zero attached hydrogens (tertiary/aromatic N) is 4. The molecule has 1 aromatic carbocycles. The lowest BCUT2D eigenvalue weighted by molar-refractivity contribution is 0.197. The number of pyridine rings is 1. The van der Waals surface area contributed by atoms with E-state index < -0.39 is 0 Å². The Morgan fingerprint density at radius 3 is 2.87 bits per heavy atom. The number of fused-ring (bicyclic) bond motifs is 1. The molecule has 3 rings (SSSR count). The van der Waals surface area contributed by atoms with Gasteiger partial charge in [-0.2, -0.15) is 4.68 Å². The van der Waals surface area contributed by atoms with Gasteiger partial charge in [-0.05, 0) is 43.8 Å². The molecule has 6 nitrogen and oxygen atoms in total. The maximum atomic E-state index is 12.2. The largest absolute Gasteiger partial charge is 0.492 e. The average Bonchev–Trinajstić information content (AvgIpc) is 2.84. The van der Waals surface area contributed by atoms with Gasteiger partial charge in [0.2, 0.25) is 0 Å². The van der Waals surface area contributed by atoms with E-state index in [1.807, 2.05) is 61.3 Å². The highest BCUT2D eigenvalue weighted by molar-refractivity contribution is 5.35. The Labute approximate surface area is 134 Å². The standard InChI is InChI=1S/C17H20N4O2/c1-14-6-5-7-15(12-14)23-11-10-19(2)13-21-17(22)20-9-4-3-8-16(20)18-21/h3-9,12H,10-11,13H2,1-2H3. The molecule has 23 heavy (non-hydrogen) atoms. The quantitative estimate of drug-likeness (QED) is 0.696. The van der Waals surface area contributed by atoms with Gasteiger partial charge < -0.3 is 4.74 Å². The fraction of sp³-hybridized carbons (Fsp3) is 0.294. The minimum Gasteiger partial charge on any atom is -0.492 e. The van der Waals surface area contributed by atoms with Crippen LogP contribution in [0.2, 0.25) is 0 Å². The number of rotatable bonds is 6. The lowest BCUT2D eigenvalue weighted by atomic mass is 10.2. The molecular weight excluding hydrogens is 292 g/mol. The lowest BCUT2D eigenvalue weighted by Gasteiger charge is -2.16. The molecule has 0 N–H and O–H groups in total. The van der Waals surface area contributed by atoms with Gasteiger partial charge in [-0.25, -0.2) is 4.79 Å². The molecule has 0 aliphatic carbocycles. The highest BCUT2D eigenvalue weighted by atomic mass is 16.5. The monoisotopic (exact) mass is 312 g/mol. The van der Waals surface area contributed by atoms with E-state index in [-0.39, 0.29) is 5.69 Å². The third kappa shape index (κ3) is 3.60. The lowest BCUT2D eigenvalue weighted by Crippen LogP contribution is -2.32. The predicted octanol–water partition coefficient (Wildman–Crippen LogP) is 1.77. The molecule has 2 aromatic heterocycles. The normalized spacial score (nSPS) is 11.3. The Kier molecular flexibility index (Phi) is 4.43. The molecule has 0 bridgehead atoms. The van der Waals surface area contributed by atoms with E-state index in [2.05, 4.69) is 5.10 Å². The Bertz CT molecular complexity index is 853. The van der Waals surface area contributed by atoms with Crippen molar-refractivity contribution in [3.63, 3.8) is 0 Å². The van der Waals surface area contributed by atoms with Crippen molar-refractivity contribution in [1.29, 1.82) is 0 Å². The van der Waals surface area contributed by atoms with Crippen molar-refractivity contribution in [1.82, 2.24) is 19.1 Å². The van der Waals surface area contributed by atoms with E-state index in [9.17, 15) is 4.79 Å². The molecule has 0 fully saturated rings. The Morgan fingerprint density at radius 1 is 1.22 bits per heavy atom. The summed E-state index contributed by atoms with van der Waals surface area (Å²) in [6.45, 7) is 3.73. The molecule has 0 atom stereocenters. The third-order valence-corrected chi connectivity index (χ3v) is 3.60. The molecule has 0 aliphatic rings. The number of likely N-dealkylation sites (N-methyl/N-ethyl adjacent to an activating group) is 1. The minimum atomic E-state index is -0.132. The van der Waals surface area contributed by atoms with Crippen molar-refractivity contribution in [3.8, 4) is 5.75 Å². The van der Waals surface area contributed by atoms with Gasteiger partial charge in [0.1, 0.15) is 12.4 Å². The first-order valence-corrected chi connectivity index (χ1v) is 7.56. The van der Waals surface area contributed by atoms with Crippen LogP contribution >= 0.6 is 0 Å². The van der Waals surface area contributed by atoms with Crippen LogP contribution < -0.4 is 10.4 Å². The SMILES string of the molecule is Cc1cccc(OCCN(C)Cn2nc3ccccn3c2=O)c1. The molecular formula is C17H20N4O2. The number of aromatic nitrogens is 3. The second kappa shape index (κ2) is 6.66. The Morgan fingerprint density at radius 2 is 2.09 bits per heavy atom. The van der Waals surface area contributed by atoms with Crippen molar-refractivity contribution >= 4 is 5.65 Å². The molecule has 0 unspecified atom stereocenters. The van der Waals surface area contributed by atoms with Crippen LogP contribution in [-0.2, 0) is 6.67 Å². The van der Waals surface area contributed by atoms with Gasteiger partial charge in [-0.1, -0.05) is 18.2 Å². The Hall–Kier alpha value is -2.60. The molecule has 0 spiro atoms. The van der Waals surface area contributed by atoms with Gasteiger partial charge >= 0.3 is 5.69 Å². The van der Waals surface area contributed by atoms with Crippen molar-refractivity contribution in [2.24, 2.45) is 0 Å². The zero-order chi connectivity index (χ0) is 16.2. The van der Waals surface area contributed by atoms with Gasteiger partial charge in [-0.15, -0.1) is 5.10 Å². The molecule has 3 aromatic rings. The van der Waals surface area contributed by atoms with E-state index in [1.165, 1.54) is 14.6 Å². The molecule has 0 amide bonds. The summed E-state index contributed by atoms with van der Waals surface area (Å²) in [5.41, 5.74) is 1.70. The van der Waals surface area contributed by atoms with Crippen LogP contribution in [0, 0.1) is 6.92 Å². The molecule has 2 heterocycles. The van der Waals surface area contributed by atoms with Crippen LogP contribution in [0.4, 0.5) is 0 Å². The smallest absolute Gasteiger partial charge is 0.351 e. The number of hydrogen-bond donors (Lipinski definition) is 0. The second-order valence-corrected chi connectivity index (χ2v) is 5.60. The summed E-state index contributed by atoms with van der Waals surface area (Å²) in [6, 6.07) is 13.5. The molecule has 0 saturated heterocycles. The van der Waals surface area contributed by atoms with E-state index in [0.717, 1.165) is 5.75 Å². The zero-order valence-corrected chi connectivity index (χ0v) is 13.3. The molecule has 0 radical (unpaired) electrons. The zero-order valence-electron chi connectivity index (χ0n) is 13.3. The van der Waals surface area contributed by atoms with Gasteiger partial charge in [0.25, 0.3) is 0 Å². The summed E-state index contributed by atoms with van der Waals surface area (Å²) in [7, 11) is 1.94. The first-order valence-electron chi connectivity index (χ1n) is 7.56. The van der Waals surface area contributed by atoms with E-state index in [0.29, 0.717) is 25.5 Å². The Balaban J connectivity index is 1.57. The number of benzene rings is 1. The summed E-state index contributed by atoms with van der Waals surface area (Å²) in [4.78, 5) is 14.2. The second-order valence-electron chi connectivity index (χ2n) is 5.60. The third-order valence-electron chi connectivity index (χ3n) is 3.60.